The van der Waals surface area contributed by atoms with Gasteiger partial charge in [-0.15, -0.1) is 0 Å². The van der Waals surface area contributed by atoms with Crippen LogP contribution in [-0.4, -0.2) is 55.2 Å². The van der Waals surface area contributed by atoms with Crippen LogP contribution in [0.1, 0.15) is 27.2 Å². The van der Waals surface area contributed by atoms with Gasteiger partial charge in [0, 0.05) is 19.6 Å². The maximum atomic E-state index is 11.9. The molecule has 0 spiro atoms. The number of hydrogen-bond donors (Lipinski definition) is 0. The average Bonchev–Trinajstić information content (AvgIpc) is 2.14. The van der Waals surface area contributed by atoms with Crippen LogP contribution in [0.5, 0.6) is 0 Å². The van der Waals surface area contributed by atoms with Crippen molar-refractivity contribution < 1.29 is 9.53 Å². The van der Waals surface area contributed by atoms with Crippen molar-refractivity contribution in [3.05, 3.63) is 11.6 Å². The molecule has 0 saturated carbocycles. The van der Waals surface area contributed by atoms with Gasteiger partial charge < -0.3 is 14.5 Å². The summed E-state index contributed by atoms with van der Waals surface area (Å²) in [6, 6.07) is 0. The zero-order chi connectivity index (χ0) is 13.1. The van der Waals surface area contributed by atoms with Gasteiger partial charge in [-0.05, 0) is 46.9 Å². The molecule has 0 bridgehead atoms. The van der Waals surface area contributed by atoms with Crippen molar-refractivity contribution in [2.45, 2.75) is 32.8 Å². The van der Waals surface area contributed by atoms with Crippen molar-refractivity contribution in [3.8, 4) is 0 Å². The first kappa shape index (κ1) is 14.0. The van der Waals surface area contributed by atoms with Crippen LogP contribution in [0.4, 0.5) is 4.79 Å². The van der Waals surface area contributed by atoms with Gasteiger partial charge in [-0.2, -0.15) is 0 Å². The van der Waals surface area contributed by atoms with Gasteiger partial charge in [-0.1, -0.05) is 6.08 Å². The first-order valence-corrected chi connectivity index (χ1v) is 6.08. The lowest BCUT2D eigenvalue weighted by atomic mass is 10.1. The fraction of sp³-hybridized carbons (Fsp3) is 0.769. The monoisotopic (exact) mass is 240 g/mol. The molecular formula is C13H24N2O2. The highest BCUT2D eigenvalue weighted by atomic mass is 16.6. The van der Waals surface area contributed by atoms with Crippen LogP contribution < -0.4 is 0 Å². The van der Waals surface area contributed by atoms with Gasteiger partial charge in [-0.3, -0.25) is 0 Å². The minimum absolute atomic E-state index is 0.207. The minimum Gasteiger partial charge on any atom is -0.444 e. The summed E-state index contributed by atoms with van der Waals surface area (Å²) in [4.78, 5) is 15.8. The Hall–Kier alpha value is -1.03. The van der Waals surface area contributed by atoms with Crippen LogP contribution >= 0.6 is 0 Å². The third-order valence-corrected chi connectivity index (χ3v) is 2.40. The molecule has 0 unspecified atom stereocenters. The Bertz CT molecular complexity index is 303. The van der Waals surface area contributed by atoms with Crippen LogP contribution in [0.2, 0.25) is 0 Å². The van der Waals surface area contributed by atoms with Crippen LogP contribution in [0.25, 0.3) is 0 Å². The Morgan fingerprint density at radius 2 is 2.12 bits per heavy atom. The molecule has 1 amide bonds. The zero-order valence-electron chi connectivity index (χ0n) is 11.6. The second-order valence-corrected chi connectivity index (χ2v) is 5.79. The number of hydrogen-bond acceptors (Lipinski definition) is 3. The summed E-state index contributed by atoms with van der Waals surface area (Å²) < 4.78 is 5.38. The second-order valence-electron chi connectivity index (χ2n) is 5.79. The Morgan fingerprint density at radius 3 is 2.65 bits per heavy atom. The van der Waals surface area contributed by atoms with Crippen LogP contribution in [0.15, 0.2) is 11.6 Å². The van der Waals surface area contributed by atoms with E-state index in [0.29, 0.717) is 6.54 Å². The van der Waals surface area contributed by atoms with Gasteiger partial charge in [0.2, 0.25) is 0 Å². The molecule has 0 atom stereocenters. The quantitative estimate of drug-likeness (QED) is 0.693. The molecule has 0 saturated heterocycles. The van der Waals surface area contributed by atoms with Crippen molar-refractivity contribution in [3.63, 3.8) is 0 Å². The topological polar surface area (TPSA) is 32.8 Å². The van der Waals surface area contributed by atoms with Gasteiger partial charge in [0.05, 0.1) is 0 Å². The van der Waals surface area contributed by atoms with Crippen LogP contribution in [-0.2, 0) is 4.74 Å². The van der Waals surface area contributed by atoms with E-state index in [1.165, 1.54) is 5.57 Å². The highest BCUT2D eigenvalue weighted by Gasteiger charge is 2.24. The fourth-order valence-electron chi connectivity index (χ4n) is 1.82. The van der Waals surface area contributed by atoms with E-state index >= 15 is 0 Å². The molecule has 98 valence electrons. The standard InChI is InChI=1S/C13H24N2O2/c1-13(2,3)17-12(16)15-8-6-7-11(10-15)9-14(4)5/h7H,6,8-10H2,1-5H3. The average molecular weight is 240 g/mol. The van der Waals surface area contributed by atoms with Gasteiger partial charge in [0.15, 0.2) is 0 Å². The molecule has 0 fully saturated rings. The Labute approximate surface area is 104 Å². The molecule has 0 aromatic heterocycles. The summed E-state index contributed by atoms with van der Waals surface area (Å²) in [5, 5.41) is 0. The van der Waals surface area contributed by atoms with Crippen molar-refractivity contribution in [2.24, 2.45) is 0 Å². The van der Waals surface area contributed by atoms with E-state index in [9.17, 15) is 4.79 Å². The van der Waals surface area contributed by atoms with E-state index in [2.05, 4.69) is 11.0 Å². The Morgan fingerprint density at radius 1 is 1.47 bits per heavy atom. The van der Waals surface area contributed by atoms with Crippen molar-refractivity contribution in [2.75, 3.05) is 33.7 Å². The predicted molar refractivity (Wildman–Crippen MR) is 69.1 cm³/mol. The molecule has 17 heavy (non-hydrogen) atoms. The fourth-order valence-corrected chi connectivity index (χ4v) is 1.82. The summed E-state index contributed by atoms with van der Waals surface area (Å²) in [6.45, 7) is 8.03. The highest BCUT2D eigenvalue weighted by molar-refractivity contribution is 5.68. The minimum atomic E-state index is -0.417. The first-order chi connectivity index (χ1) is 7.78. The van der Waals surface area contributed by atoms with E-state index in [1.807, 2.05) is 34.9 Å². The van der Waals surface area contributed by atoms with Gasteiger partial charge >= 0.3 is 6.09 Å². The molecule has 0 aromatic carbocycles. The molecule has 1 aliphatic rings. The van der Waals surface area contributed by atoms with Gasteiger partial charge in [0.25, 0.3) is 0 Å². The molecule has 4 heteroatoms. The van der Waals surface area contributed by atoms with E-state index in [1.54, 1.807) is 4.90 Å². The Kier molecular flexibility index (Phi) is 4.57. The number of rotatable bonds is 2. The first-order valence-electron chi connectivity index (χ1n) is 6.08. The molecule has 4 nitrogen and oxygen atoms in total. The maximum Gasteiger partial charge on any atom is 0.410 e. The summed E-state index contributed by atoms with van der Waals surface area (Å²) in [7, 11) is 4.07. The Balaban J connectivity index is 2.52. The van der Waals surface area contributed by atoms with Crippen LogP contribution in [0, 0.1) is 0 Å². The lowest BCUT2D eigenvalue weighted by Crippen LogP contribution is -2.41. The predicted octanol–water partition coefficient (Wildman–Crippen LogP) is 2.12. The molecule has 0 N–H and O–H groups in total. The number of carbonyl (C=O) groups is 1. The second kappa shape index (κ2) is 5.54. The van der Waals surface area contributed by atoms with E-state index < -0.39 is 5.60 Å². The normalized spacial score (nSPS) is 17.1. The summed E-state index contributed by atoms with van der Waals surface area (Å²) in [5.74, 6) is 0. The lowest BCUT2D eigenvalue weighted by molar-refractivity contribution is 0.0259. The third-order valence-electron chi connectivity index (χ3n) is 2.40. The number of likely N-dealkylation sites (N-methyl/N-ethyl adjacent to an activating group) is 1. The van der Waals surface area contributed by atoms with Gasteiger partial charge in [0.1, 0.15) is 5.60 Å². The SMILES string of the molecule is CN(C)CC1=CCCN(C(=O)OC(C)(C)C)C1. The summed E-state index contributed by atoms with van der Waals surface area (Å²) in [5.41, 5.74) is 0.868. The maximum absolute atomic E-state index is 11.9. The zero-order valence-corrected chi connectivity index (χ0v) is 11.6. The molecule has 0 aliphatic carbocycles. The molecule has 0 aromatic rings. The van der Waals surface area contributed by atoms with E-state index in [4.69, 9.17) is 4.74 Å². The molecule has 0 radical (unpaired) electrons. The van der Waals surface area contributed by atoms with Gasteiger partial charge in [-0.25, -0.2) is 4.79 Å². The lowest BCUT2D eigenvalue weighted by Gasteiger charge is -2.31. The number of ether oxygens (including phenoxy) is 1. The number of amides is 1. The van der Waals surface area contributed by atoms with E-state index in [0.717, 1.165) is 19.5 Å². The third kappa shape index (κ3) is 5.22. The largest absolute Gasteiger partial charge is 0.444 e. The van der Waals surface area contributed by atoms with Crippen molar-refractivity contribution in [1.29, 1.82) is 0 Å². The van der Waals surface area contributed by atoms with Crippen molar-refractivity contribution in [1.82, 2.24) is 9.80 Å². The highest BCUT2D eigenvalue weighted by Crippen LogP contribution is 2.15. The van der Waals surface area contributed by atoms with Crippen LogP contribution in [0.3, 0.4) is 0 Å². The van der Waals surface area contributed by atoms with Crippen molar-refractivity contribution >= 4 is 6.09 Å². The smallest absolute Gasteiger partial charge is 0.410 e. The molecule has 1 rings (SSSR count). The molecule has 1 aliphatic heterocycles. The number of nitrogens with zero attached hydrogens (tertiary/aromatic N) is 2. The van der Waals surface area contributed by atoms with E-state index in [-0.39, 0.29) is 6.09 Å². The summed E-state index contributed by atoms with van der Waals surface area (Å²) >= 11 is 0. The number of carbonyl (C=O) groups excluding carboxylic acids is 1. The molecule has 1 heterocycles. The summed E-state index contributed by atoms with van der Waals surface area (Å²) in [6.07, 6.45) is 2.94. The molecular weight excluding hydrogens is 216 g/mol.